The van der Waals surface area contributed by atoms with Crippen molar-refractivity contribution in [2.45, 2.75) is 12.5 Å². The van der Waals surface area contributed by atoms with Crippen LogP contribution in [0.25, 0.3) is 0 Å². The van der Waals surface area contributed by atoms with E-state index in [1.54, 1.807) is 24.3 Å². The summed E-state index contributed by atoms with van der Waals surface area (Å²) in [5.41, 5.74) is 0.694. The summed E-state index contributed by atoms with van der Waals surface area (Å²) < 4.78 is 5.43. The van der Waals surface area contributed by atoms with Crippen LogP contribution in [0.5, 0.6) is 0 Å². The molecular formula is C18H18ClNO2. The number of allylic oxidation sites excluding steroid dienone is 1. The summed E-state index contributed by atoms with van der Waals surface area (Å²) in [7, 11) is 0. The van der Waals surface area contributed by atoms with Gasteiger partial charge in [-0.05, 0) is 36.4 Å². The number of carbonyl (C=O) groups is 1. The fourth-order valence-electron chi connectivity index (χ4n) is 2.55. The van der Waals surface area contributed by atoms with E-state index in [1.165, 1.54) is 0 Å². The Morgan fingerprint density at radius 1 is 1.27 bits per heavy atom. The van der Waals surface area contributed by atoms with Gasteiger partial charge in [0.2, 0.25) is 0 Å². The van der Waals surface area contributed by atoms with E-state index in [9.17, 15) is 4.79 Å². The smallest absolute Gasteiger partial charge is 0.170 e. The van der Waals surface area contributed by atoms with Crippen molar-refractivity contribution in [2.24, 2.45) is 5.92 Å². The van der Waals surface area contributed by atoms with Crippen molar-refractivity contribution in [1.82, 2.24) is 5.32 Å². The van der Waals surface area contributed by atoms with Gasteiger partial charge in [-0.3, -0.25) is 4.79 Å². The third-order valence-electron chi connectivity index (χ3n) is 3.79. The highest BCUT2D eigenvalue weighted by Crippen LogP contribution is 2.17. The molecule has 22 heavy (non-hydrogen) atoms. The highest BCUT2D eigenvalue weighted by atomic mass is 35.5. The van der Waals surface area contributed by atoms with Crippen LogP contribution in [0.4, 0.5) is 0 Å². The van der Waals surface area contributed by atoms with Gasteiger partial charge in [0, 0.05) is 29.6 Å². The van der Waals surface area contributed by atoms with Crippen molar-refractivity contribution >= 4 is 17.4 Å². The molecule has 0 aromatic heterocycles. The molecular weight excluding hydrogens is 298 g/mol. The first-order valence-corrected chi connectivity index (χ1v) is 7.83. The number of carbonyl (C=O) groups excluding carboxylic acids is 1. The predicted octanol–water partition coefficient (Wildman–Crippen LogP) is 3.53. The van der Waals surface area contributed by atoms with Gasteiger partial charge in [-0.25, -0.2) is 0 Å². The van der Waals surface area contributed by atoms with Crippen LogP contribution in [0, 0.1) is 5.92 Å². The molecule has 0 radical (unpaired) electrons. The summed E-state index contributed by atoms with van der Waals surface area (Å²) >= 11 is 5.85. The number of benzene rings is 1. The van der Waals surface area contributed by atoms with Crippen LogP contribution in [0.15, 0.2) is 60.4 Å². The molecule has 2 atom stereocenters. The third-order valence-corrected chi connectivity index (χ3v) is 4.04. The summed E-state index contributed by atoms with van der Waals surface area (Å²) in [6.45, 7) is 1.40. The monoisotopic (exact) mass is 315 g/mol. The van der Waals surface area contributed by atoms with Gasteiger partial charge in [0.25, 0.3) is 0 Å². The second kappa shape index (κ2) is 6.95. The molecule has 0 spiro atoms. The largest absolute Gasteiger partial charge is 0.494 e. The zero-order chi connectivity index (χ0) is 15.4. The predicted molar refractivity (Wildman–Crippen MR) is 88.0 cm³/mol. The Hall–Kier alpha value is -1.84. The first-order valence-electron chi connectivity index (χ1n) is 7.45. The van der Waals surface area contributed by atoms with E-state index < -0.39 is 0 Å². The Balaban J connectivity index is 1.60. The topological polar surface area (TPSA) is 38.3 Å². The maximum Gasteiger partial charge on any atom is 0.170 e. The van der Waals surface area contributed by atoms with Crippen LogP contribution in [0.3, 0.4) is 0 Å². The van der Waals surface area contributed by atoms with Gasteiger partial charge in [0.1, 0.15) is 5.76 Å². The van der Waals surface area contributed by atoms with E-state index in [-0.39, 0.29) is 17.7 Å². The highest BCUT2D eigenvalue weighted by molar-refractivity contribution is 6.30. The quantitative estimate of drug-likeness (QED) is 0.682. The minimum absolute atomic E-state index is 0.115. The highest BCUT2D eigenvalue weighted by Gasteiger charge is 2.21. The number of ether oxygens (including phenoxy) is 1. The van der Waals surface area contributed by atoms with Crippen molar-refractivity contribution in [3.8, 4) is 0 Å². The molecule has 0 amide bonds. The van der Waals surface area contributed by atoms with Crippen molar-refractivity contribution in [1.29, 1.82) is 0 Å². The van der Waals surface area contributed by atoms with Crippen molar-refractivity contribution < 1.29 is 9.53 Å². The first kappa shape index (κ1) is 15.1. The molecule has 0 fully saturated rings. The van der Waals surface area contributed by atoms with E-state index in [2.05, 4.69) is 17.5 Å². The van der Waals surface area contributed by atoms with Crippen LogP contribution < -0.4 is 5.32 Å². The van der Waals surface area contributed by atoms with E-state index in [1.807, 2.05) is 18.2 Å². The van der Waals surface area contributed by atoms with Crippen LogP contribution in [-0.2, 0) is 4.74 Å². The molecule has 3 rings (SSSR count). The number of hydrogen-bond acceptors (Lipinski definition) is 3. The zero-order valence-electron chi connectivity index (χ0n) is 12.2. The number of rotatable bonds is 4. The average molecular weight is 316 g/mol. The molecule has 2 aliphatic rings. The van der Waals surface area contributed by atoms with Crippen LogP contribution in [-0.4, -0.2) is 25.0 Å². The van der Waals surface area contributed by atoms with Gasteiger partial charge in [0.05, 0.1) is 12.5 Å². The Morgan fingerprint density at radius 2 is 2.09 bits per heavy atom. The molecule has 1 N–H and O–H groups in total. The lowest BCUT2D eigenvalue weighted by atomic mass is 9.93. The lowest BCUT2D eigenvalue weighted by molar-refractivity contribution is 0.0941. The number of hydrogen-bond donors (Lipinski definition) is 1. The number of ketones is 1. The van der Waals surface area contributed by atoms with Gasteiger partial charge in [0.15, 0.2) is 5.78 Å². The molecule has 2 unspecified atom stereocenters. The number of halogens is 1. The Kier molecular flexibility index (Phi) is 4.76. The van der Waals surface area contributed by atoms with Crippen molar-refractivity contribution in [3.63, 3.8) is 0 Å². The summed E-state index contributed by atoms with van der Waals surface area (Å²) in [6, 6.07) is 7.17. The van der Waals surface area contributed by atoms with Gasteiger partial charge in [-0.15, -0.1) is 0 Å². The molecule has 0 aliphatic carbocycles. The van der Waals surface area contributed by atoms with E-state index >= 15 is 0 Å². The lowest BCUT2D eigenvalue weighted by Gasteiger charge is -2.21. The van der Waals surface area contributed by atoms with Crippen LogP contribution >= 0.6 is 11.6 Å². The minimum atomic E-state index is -0.132. The Labute approximate surface area is 135 Å². The normalized spacial score (nSPS) is 24.3. The van der Waals surface area contributed by atoms with E-state index in [4.69, 9.17) is 16.3 Å². The lowest BCUT2D eigenvalue weighted by Crippen LogP contribution is -2.37. The maximum absolute atomic E-state index is 12.4. The second-order valence-corrected chi connectivity index (χ2v) is 5.84. The fraction of sp³-hybridized carbons (Fsp3) is 0.278. The Bertz CT molecular complexity index is 631. The summed E-state index contributed by atoms with van der Waals surface area (Å²) in [5, 5.41) is 3.99. The Morgan fingerprint density at radius 3 is 2.73 bits per heavy atom. The van der Waals surface area contributed by atoms with Crippen LogP contribution in [0.1, 0.15) is 16.8 Å². The standard InChI is InChI=1S/C18H18ClNO2/c19-15-6-3-13(4-7-15)18(21)14-5-8-16(20-12-14)9-10-17-2-1-11-22-17/h2-10,14,16,20H,1,11-12H2/b10-9+. The van der Waals surface area contributed by atoms with Gasteiger partial charge >= 0.3 is 0 Å². The molecule has 0 saturated heterocycles. The van der Waals surface area contributed by atoms with Crippen molar-refractivity contribution in [2.75, 3.05) is 13.2 Å². The SMILES string of the molecule is O=C(c1ccc(Cl)cc1)C1C=CC(/C=C/C2=CCCO2)NC1. The molecule has 4 heteroatoms. The zero-order valence-corrected chi connectivity index (χ0v) is 12.9. The molecule has 2 aliphatic heterocycles. The van der Waals surface area contributed by atoms with Gasteiger partial charge in [-0.1, -0.05) is 29.8 Å². The number of nitrogens with one attached hydrogen (secondary N) is 1. The molecule has 3 nitrogen and oxygen atoms in total. The van der Waals surface area contributed by atoms with E-state index in [0.717, 1.165) is 18.8 Å². The third kappa shape index (κ3) is 3.67. The molecule has 1 aromatic carbocycles. The van der Waals surface area contributed by atoms with Gasteiger partial charge in [-0.2, -0.15) is 0 Å². The molecule has 0 saturated carbocycles. The maximum atomic E-state index is 12.4. The summed E-state index contributed by atoms with van der Waals surface area (Å²) in [6.07, 6.45) is 11.1. The molecule has 2 heterocycles. The van der Waals surface area contributed by atoms with Crippen LogP contribution in [0.2, 0.25) is 5.02 Å². The number of Topliss-reactive ketones (excluding diaryl/α,β-unsaturated/α-hetero) is 1. The van der Waals surface area contributed by atoms with E-state index in [0.29, 0.717) is 17.1 Å². The fourth-order valence-corrected chi connectivity index (χ4v) is 2.67. The van der Waals surface area contributed by atoms with Gasteiger partial charge < -0.3 is 10.1 Å². The molecule has 0 bridgehead atoms. The minimum Gasteiger partial charge on any atom is -0.494 e. The second-order valence-electron chi connectivity index (χ2n) is 5.40. The molecule has 1 aromatic rings. The van der Waals surface area contributed by atoms with Crippen molar-refractivity contribution in [3.05, 3.63) is 71.0 Å². The first-order chi connectivity index (χ1) is 10.7. The molecule has 114 valence electrons. The summed E-state index contributed by atoms with van der Waals surface area (Å²) in [5.74, 6) is 0.909. The summed E-state index contributed by atoms with van der Waals surface area (Å²) in [4.78, 5) is 12.4. The average Bonchev–Trinajstić information content (AvgIpc) is 3.07.